The quantitative estimate of drug-likeness (QED) is 0.123. The van der Waals surface area contributed by atoms with Crippen molar-refractivity contribution in [3.8, 4) is 11.1 Å². The summed E-state index contributed by atoms with van der Waals surface area (Å²) in [5, 5.41) is 21.3. The van der Waals surface area contributed by atoms with E-state index in [1.54, 1.807) is 0 Å². The fraction of sp³-hybridized carbons (Fsp3) is 0.289. The Balaban J connectivity index is 1.18. The van der Waals surface area contributed by atoms with Gasteiger partial charge in [-0.3, -0.25) is 9.59 Å². The van der Waals surface area contributed by atoms with E-state index in [0.29, 0.717) is 38.8 Å². The van der Waals surface area contributed by atoms with E-state index in [0.717, 1.165) is 44.4 Å². The van der Waals surface area contributed by atoms with Gasteiger partial charge in [-0.05, 0) is 64.9 Å². The molecule has 9 nitrogen and oxygen atoms in total. The number of unbranched alkanes of at least 4 members (excludes halogenated alkanes) is 1. The van der Waals surface area contributed by atoms with Crippen LogP contribution in [0.3, 0.4) is 0 Å². The highest BCUT2D eigenvalue weighted by molar-refractivity contribution is 5.76. The number of carboxylic acids is 1. The third-order valence-electron chi connectivity index (χ3n) is 8.50. The smallest absolute Gasteiger partial charge is 0.303 e. The van der Waals surface area contributed by atoms with Crippen LogP contribution < -0.4 is 5.32 Å². The number of aliphatic hydroxyl groups excluding tert-OH is 1. The molecule has 5 aromatic rings. The molecule has 0 unspecified atom stereocenters. The van der Waals surface area contributed by atoms with Crippen LogP contribution in [0.4, 0.5) is 0 Å². The molecular weight excluding hydrogens is 594 g/mol. The zero-order valence-corrected chi connectivity index (χ0v) is 26.1. The van der Waals surface area contributed by atoms with Gasteiger partial charge in [-0.2, -0.15) is 0 Å². The van der Waals surface area contributed by atoms with Crippen molar-refractivity contribution >= 4 is 22.9 Å². The molecule has 3 N–H and O–H groups in total. The molecule has 0 bridgehead atoms. The first-order chi connectivity index (χ1) is 22.9. The normalized spacial score (nSPS) is 17.9. The molecule has 1 fully saturated rings. The lowest BCUT2D eigenvalue weighted by molar-refractivity contribution is -0.252. The topological polar surface area (TPSA) is 123 Å². The average molecular weight is 634 g/mol. The number of rotatable bonds is 13. The number of nitrogens with zero attached hydrogens (tertiary/aromatic N) is 2. The van der Waals surface area contributed by atoms with Gasteiger partial charge in [-0.1, -0.05) is 72.8 Å². The van der Waals surface area contributed by atoms with Crippen molar-refractivity contribution in [1.82, 2.24) is 14.9 Å². The number of carboxylic acid groups (broad SMARTS) is 1. The number of hydrogen-bond acceptors (Lipinski definition) is 6. The van der Waals surface area contributed by atoms with E-state index in [4.69, 9.17) is 14.6 Å². The van der Waals surface area contributed by atoms with E-state index < -0.39 is 12.3 Å². The molecule has 3 atom stereocenters. The summed E-state index contributed by atoms with van der Waals surface area (Å²) >= 11 is 0. The van der Waals surface area contributed by atoms with Crippen molar-refractivity contribution in [2.45, 2.75) is 70.3 Å². The van der Waals surface area contributed by atoms with E-state index in [1.807, 2.05) is 85.2 Å². The maximum atomic E-state index is 12.3. The summed E-state index contributed by atoms with van der Waals surface area (Å²) in [6.45, 7) is 1.00. The first-order valence-electron chi connectivity index (χ1n) is 16.0. The van der Waals surface area contributed by atoms with E-state index in [9.17, 15) is 14.7 Å². The summed E-state index contributed by atoms with van der Waals surface area (Å²) in [4.78, 5) is 27.5. The second-order valence-electron chi connectivity index (χ2n) is 11.9. The first-order valence-corrected chi connectivity index (χ1v) is 16.0. The maximum absolute atomic E-state index is 12.3. The Kier molecular flexibility index (Phi) is 10.4. The fourth-order valence-electron chi connectivity index (χ4n) is 5.98. The van der Waals surface area contributed by atoms with Crippen molar-refractivity contribution in [3.05, 3.63) is 126 Å². The first kappa shape index (κ1) is 32.1. The molecule has 0 spiro atoms. The lowest BCUT2D eigenvalue weighted by Gasteiger charge is -2.36. The van der Waals surface area contributed by atoms with E-state index >= 15 is 0 Å². The molecule has 6 rings (SSSR count). The Hall–Kier alpha value is -4.83. The van der Waals surface area contributed by atoms with Gasteiger partial charge in [0.05, 0.1) is 42.7 Å². The minimum atomic E-state index is -0.843. The molecule has 0 aliphatic carbocycles. The van der Waals surface area contributed by atoms with Crippen molar-refractivity contribution in [1.29, 1.82) is 0 Å². The van der Waals surface area contributed by atoms with Gasteiger partial charge in [0.2, 0.25) is 5.91 Å². The molecule has 2 heterocycles. The number of aromatic nitrogens is 2. The highest BCUT2D eigenvalue weighted by atomic mass is 16.7. The number of ether oxygens (including phenoxy) is 2. The van der Waals surface area contributed by atoms with Gasteiger partial charge in [0, 0.05) is 31.4 Å². The van der Waals surface area contributed by atoms with Gasteiger partial charge >= 0.3 is 5.97 Å². The Bertz CT molecular complexity index is 1820. The van der Waals surface area contributed by atoms with Crippen LogP contribution in [0.25, 0.3) is 22.2 Å². The number of aliphatic hydroxyl groups is 1. The molecule has 1 aliphatic rings. The van der Waals surface area contributed by atoms with Crippen LogP contribution in [0.5, 0.6) is 0 Å². The number of nitrogens with one attached hydrogen (secondary N) is 1. The van der Waals surface area contributed by atoms with Crippen LogP contribution in [-0.4, -0.2) is 37.7 Å². The number of aliphatic carboxylic acids is 1. The minimum Gasteiger partial charge on any atom is -0.481 e. The summed E-state index contributed by atoms with van der Waals surface area (Å²) in [7, 11) is 0. The Labute approximate surface area is 273 Å². The second kappa shape index (κ2) is 15.2. The molecule has 1 aromatic heterocycles. The molecule has 1 amide bonds. The average Bonchev–Trinajstić information content (AvgIpc) is 3.51. The van der Waals surface area contributed by atoms with Crippen LogP contribution >= 0.6 is 0 Å². The third-order valence-corrected chi connectivity index (χ3v) is 8.50. The van der Waals surface area contributed by atoms with Gasteiger partial charge in [0.1, 0.15) is 0 Å². The van der Waals surface area contributed by atoms with Crippen LogP contribution in [0.2, 0.25) is 0 Å². The molecule has 47 heavy (non-hydrogen) atoms. The second-order valence-corrected chi connectivity index (χ2v) is 11.9. The number of benzene rings is 4. The van der Waals surface area contributed by atoms with Gasteiger partial charge in [0.25, 0.3) is 0 Å². The number of carbonyl (C=O) groups excluding carboxylic acids is 1. The van der Waals surface area contributed by atoms with Crippen molar-refractivity contribution in [2.75, 3.05) is 0 Å². The third kappa shape index (κ3) is 8.31. The molecule has 242 valence electrons. The molecule has 1 aliphatic heterocycles. The zero-order valence-electron chi connectivity index (χ0n) is 26.1. The van der Waals surface area contributed by atoms with Crippen LogP contribution in [0.15, 0.2) is 103 Å². The highest BCUT2D eigenvalue weighted by Gasteiger charge is 2.33. The summed E-state index contributed by atoms with van der Waals surface area (Å²) < 4.78 is 15.4. The molecule has 0 saturated carbocycles. The van der Waals surface area contributed by atoms with Crippen LogP contribution in [0, 0.1) is 0 Å². The van der Waals surface area contributed by atoms with Crippen LogP contribution in [-0.2, 0) is 38.8 Å². The largest absolute Gasteiger partial charge is 0.481 e. The molecule has 4 aromatic carbocycles. The summed E-state index contributed by atoms with van der Waals surface area (Å²) in [6, 6.07) is 32.2. The van der Waals surface area contributed by atoms with E-state index in [2.05, 4.69) is 33.1 Å². The minimum absolute atomic E-state index is 0.0111. The zero-order chi connectivity index (χ0) is 32.6. The number of para-hydroxylation sites is 2. The van der Waals surface area contributed by atoms with Gasteiger partial charge in [-0.25, -0.2) is 4.98 Å². The van der Waals surface area contributed by atoms with Crippen LogP contribution in [0.1, 0.15) is 66.8 Å². The number of fused-ring (bicyclic) bond motifs is 1. The van der Waals surface area contributed by atoms with Crippen molar-refractivity contribution in [3.63, 3.8) is 0 Å². The number of imidazole rings is 1. The standard InChI is InChI=1S/C38H39N3O6/c42-24-26-15-17-28(18-16-26)35-21-32(23-41-25-40-33-11-1-2-12-34(33)41)46-38(47-35)31-10-6-9-30(20-31)29-8-5-7-27(19-29)22-39-36(43)13-3-4-14-37(44)45/h1-2,5-12,15-20,25,32,35,38,42H,3-4,13-14,21-24H2,(H,39,43)(H,44,45)/t32-,35+,38+/m1/s1. The number of carbonyl (C=O) groups is 2. The summed E-state index contributed by atoms with van der Waals surface area (Å²) in [6.07, 6.45) is 2.98. The summed E-state index contributed by atoms with van der Waals surface area (Å²) in [5.41, 5.74) is 7.76. The molecular formula is C38H39N3O6. The van der Waals surface area contributed by atoms with Gasteiger partial charge in [-0.15, -0.1) is 0 Å². The molecule has 9 heteroatoms. The Morgan fingerprint density at radius 2 is 1.60 bits per heavy atom. The predicted molar refractivity (Wildman–Crippen MR) is 178 cm³/mol. The monoisotopic (exact) mass is 633 g/mol. The van der Waals surface area contributed by atoms with E-state index in [-0.39, 0.29) is 31.1 Å². The number of hydrogen-bond donors (Lipinski definition) is 3. The fourth-order valence-corrected chi connectivity index (χ4v) is 5.98. The lowest BCUT2D eigenvalue weighted by Crippen LogP contribution is -2.32. The summed E-state index contributed by atoms with van der Waals surface area (Å²) in [5.74, 6) is -0.933. The molecule has 1 saturated heterocycles. The predicted octanol–water partition coefficient (Wildman–Crippen LogP) is 6.70. The molecule has 0 radical (unpaired) electrons. The van der Waals surface area contributed by atoms with E-state index in [1.165, 1.54) is 0 Å². The highest BCUT2D eigenvalue weighted by Crippen LogP contribution is 2.39. The Morgan fingerprint density at radius 1 is 0.830 bits per heavy atom. The van der Waals surface area contributed by atoms with Crippen molar-refractivity contribution in [2.24, 2.45) is 0 Å². The lowest BCUT2D eigenvalue weighted by atomic mass is 9.98. The van der Waals surface area contributed by atoms with Gasteiger partial charge < -0.3 is 29.6 Å². The van der Waals surface area contributed by atoms with Gasteiger partial charge in [0.15, 0.2) is 6.29 Å². The van der Waals surface area contributed by atoms with Crippen molar-refractivity contribution < 1.29 is 29.3 Å². The maximum Gasteiger partial charge on any atom is 0.303 e. The SMILES string of the molecule is O=C(O)CCCCC(=O)NCc1cccc(-c2cccc([C@H]3O[C@@H](Cn4cnc5ccccc54)C[C@@H](c4ccc(CO)cc4)O3)c2)c1. The number of amides is 1. The Morgan fingerprint density at radius 3 is 2.40 bits per heavy atom.